The van der Waals surface area contributed by atoms with Gasteiger partial charge in [0.05, 0.1) is 22.5 Å². The number of carboxylic acids is 1. The van der Waals surface area contributed by atoms with Crippen LogP contribution in [0.2, 0.25) is 0 Å². The first kappa shape index (κ1) is 19.6. The van der Waals surface area contributed by atoms with Gasteiger partial charge in [0.15, 0.2) is 0 Å². The Balaban J connectivity index is 1.65. The Labute approximate surface area is 174 Å². The third-order valence-corrected chi connectivity index (χ3v) is 4.71. The molecule has 0 spiro atoms. The van der Waals surface area contributed by atoms with Crippen LogP contribution in [0.25, 0.3) is 11.3 Å². The molecule has 142 valence electrons. The second kappa shape index (κ2) is 8.70. The molecular formula is C20H15IN2O5. The molecule has 0 unspecified atom stereocenters. The van der Waals surface area contributed by atoms with Crippen molar-refractivity contribution in [3.63, 3.8) is 0 Å². The number of nitrogens with one attached hydrogen (secondary N) is 1. The van der Waals surface area contributed by atoms with Crippen molar-refractivity contribution in [2.24, 2.45) is 5.10 Å². The molecule has 0 saturated heterocycles. The maximum Gasteiger partial charge on any atom is 0.335 e. The molecule has 0 atom stereocenters. The molecule has 3 aromatic rings. The normalized spacial score (nSPS) is 10.8. The molecule has 0 aliphatic carbocycles. The minimum atomic E-state index is -0.986. The monoisotopic (exact) mass is 490 g/mol. The average molecular weight is 490 g/mol. The van der Waals surface area contributed by atoms with Gasteiger partial charge in [0.25, 0.3) is 5.91 Å². The van der Waals surface area contributed by atoms with E-state index < -0.39 is 5.97 Å². The summed E-state index contributed by atoms with van der Waals surface area (Å²) in [6.07, 6.45) is 1.39. The molecule has 2 N–H and O–H groups in total. The lowest BCUT2D eigenvalue weighted by molar-refractivity contribution is 0.0696. The molecule has 1 amide bonds. The second-order valence-corrected chi connectivity index (χ2v) is 6.80. The molecule has 0 aliphatic rings. The van der Waals surface area contributed by atoms with Crippen LogP contribution >= 0.6 is 22.6 Å². The molecule has 7 nitrogen and oxygen atoms in total. The number of carbonyl (C=O) groups excluding carboxylic acids is 1. The van der Waals surface area contributed by atoms with Gasteiger partial charge >= 0.3 is 5.97 Å². The van der Waals surface area contributed by atoms with Crippen LogP contribution in [0.1, 0.15) is 26.5 Å². The van der Waals surface area contributed by atoms with Crippen LogP contribution in [0.3, 0.4) is 0 Å². The Morgan fingerprint density at radius 3 is 2.50 bits per heavy atom. The first-order chi connectivity index (χ1) is 13.5. The molecule has 3 rings (SSSR count). The lowest BCUT2D eigenvalue weighted by Crippen LogP contribution is -2.17. The van der Waals surface area contributed by atoms with Crippen LogP contribution < -0.4 is 10.2 Å². The number of carboxylic acid groups (broad SMARTS) is 1. The number of furan rings is 1. The van der Waals surface area contributed by atoms with E-state index in [1.807, 2.05) is 0 Å². The van der Waals surface area contributed by atoms with Gasteiger partial charge in [-0.05, 0) is 65.1 Å². The van der Waals surface area contributed by atoms with E-state index in [1.54, 1.807) is 49.6 Å². The summed E-state index contributed by atoms with van der Waals surface area (Å²) in [5.41, 5.74) is 3.80. The highest BCUT2D eigenvalue weighted by Crippen LogP contribution is 2.23. The number of methoxy groups -OCH3 is 1. The lowest BCUT2D eigenvalue weighted by Gasteiger charge is -2.05. The lowest BCUT2D eigenvalue weighted by atomic mass is 10.1. The van der Waals surface area contributed by atoms with Gasteiger partial charge in [-0.3, -0.25) is 4.79 Å². The molecule has 8 heteroatoms. The van der Waals surface area contributed by atoms with E-state index in [2.05, 4.69) is 33.1 Å². The highest BCUT2D eigenvalue weighted by Gasteiger charge is 2.09. The fourth-order valence-electron chi connectivity index (χ4n) is 2.37. The fraction of sp³-hybridized carbons (Fsp3) is 0.0500. The van der Waals surface area contributed by atoms with Crippen molar-refractivity contribution in [3.8, 4) is 17.1 Å². The van der Waals surface area contributed by atoms with E-state index in [4.69, 9.17) is 14.3 Å². The molecule has 1 aromatic heterocycles. The largest absolute Gasteiger partial charge is 0.496 e. The number of hydrazone groups is 1. The van der Waals surface area contributed by atoms with Gasteiger partial charge < -0.3 is 14.3 Å². The van der Waals surface area contributed by atoms with Crippen molar-refractivity contribution in [1.82, 2.24) is 5.43 Å². The molecule has 2 aromatic carbocycles. The van der Waals surface area contributed by atoms with E-state index in [0.717, 1.165) is 9.13 Å². The van der Waals surface area contributed by atoms with Crippen LogP contribution in [0, 0.1) is 3.57 Å². The third-order valence-electron chi connectivity index (χ3n) is 3.81. The van der Waals surface area contributed by atoms with Crippen LogP contribution in [-0.2, 0) is 0 Å². The van der Waals surface area contributed by atoms with Crippen LogP contribution in [0.5, 0.6) is 5.75 Å². The fourth-order valence-corrected chi connectivity index (χ4v) is 2.93. The van der Waals surface area contributed by atoms with Gasteiger partial charge in [-0.1, -0.05) is 12.1 Å². The van der Waals surface area contributed by atoms with E-state index in [0.29, 0.717) is 22.8 Å². The van der Waals surface area contributed by atoms with Crippen LogP contribution in [0.4, 0.5) is 0 Å². The summed E-state index contributed by atoms with van der Waals surface area (Å²) >= 11 is 2.12. The van der Waals surface area contributed by atoms with Gasteiger partial charge in [0.2, 0.25) is 0 Å². The van der Waals surface area contributed by atoms with Crippen molar-refractivity contribution in [3.05, 3.63) is 75.1 Å². The first-order valence-electron chi connectivity index (χ1n) is 8.08. The molecule has 0 radical (unpaired) electrons. The molecule has 0 fully saturated rings. The number of hydrogen-bond donors (Lipinski definition) is 2. The number of halogens is 1. The summed E-state index contributed by atoms with van der Waals surface area (Å²) in [6.45, 7) is 0. The van der Waals surface area contributed by atoms with Crippen molar-refractivity contribution in [1.29, 1.82) is 0 Å². The van der Waals surface area contributed by atoms with E-state index in [9.17, 15) is 9.59 Å². The van der Waals surface area contributed by atoms with Crippen molar-refractivity contribution < 1.29 is 23.8 Å². The van der Waals surface area contributed by atoms with Gasteiger partial charge in [-0.15, -0.1) is 0 Å². The summed E-state index contributed by atoms with van der Waals surface area (Å²) in [7, 11) is 1.54. The maximum absolute atomic E-state index is 12.2. The highest BCUT2D eigenvalue weighted by atomic mass is 127. The maximum atomic E-state index is 12.2. The van der Waals surface area contributed by atoms with E-state index in [1.165, 1.54) is 18.3 Å². The van der Waals surface area contributed by atoms with Crippen molar-refractivity contribution in [2.75, 3.05) is 7.11 Å². The van der Waals surface area contributed by atoms with E-state index >= 15 is 0 Å². The summed E-state index contributed by atoms with van der Waals surface area (Å²) in [4.78, 5) is 23.1. The van der Waals surface area contributed by atoms with Crippen LogP contribution in [0.15, 0.2) is 64.1 Å². The topological polar surface area (TPSA) is 101 Å². The standard InChI is InChI=1S/C20H15IN2O5/c1-27-18-10-14(6-8-16(18)21)19(24)23-22-11-15-7-9-17(28-15)12-2-4-13(5-3-12)20(25)26/h2-11H,1H3,(H,23,24)(H,25,26)/b22-11-. The molecular weight excluding hydrogens is 475 g/mol. The van der Waals surface area contributed by atoms with Gasteiger partial charge in [0.1, 0.15) is 17.3 Å². The number of amides is 1. The zero-order valence-corrected chi connectivity index (χ0v) is 16.8. The van der Waals surface area contributed by atoms with Gasteiger partial charge in [-0.25, -0.2) is 10.2 Å². The van der Waals surface area contributed by atoms with Gasteiger partial charge in [-0.2, -0.15) is 5.10 Å². The number of rotatable bonds is 6. The van der Waals surface area contributed by atoms with Crippen molar-refractivity contribution >= 4 is 40.7 Å². The molecule has 1 heterocycles. The first-order valence-corrected chi connectivity index (χ1v) is 9.16. The Morgan fingerprint density at radius 2 is 1.82 bits per heavy atom. The molecule has 0 saturated carbocycles. The smallest absolute Gasteiger partial charge is 0.335 e. The highest BCUT2D eigenvalue weighted by molar-refractivity contribution is 14.1. The number of hydrogen-bond acceptors (Lipinski definition) is 5. The summed E-state index contributed by atoms with van der Waals surface area (Å²) < 4.78 is 11.7. The predicted octanol–water partition coefficient (Wildman–Crippen LogP) is 4.02. The summed E-state index contributed by atoms with van der Waals surface area (Å²) in [6, 6.07) is 14.9. The minimum Gasteiger partial charge on any atom is -0.496 e. The van der Waals surface area contributed by atoms with Crippen LogP contribution in [-0.4, -0.2) is 30.3 Å². The molecule has 28 heavy (non-hydrogen) atoms. The Hall–Kier alpha value is -3.14. The molecule has 0 aliphatic heterocycles. The number of nitrogens with zero attached hydrogens (tertiary/aromatic N) is 1. The minimum absolute atomic E-state index is 0.201. The quantitative estimate of drug-likeness (QED) is 0.309. The Morgan fingerprint density at radius 1 is 1.11 bits per heavy atom. The van der Waals surface area contributed by atoms with Crippen molar-refractivity contribution in [2.45, 2.75) is 0 Å². The Kier molecular flexibility index (Phi) is 6.09. The summed E-state index contributed by atoms with van der Waals surface area (Å²) in [5, 5.41) is 12.8. The molecule has 0 bridgehead atoms. The number of benzene rings is 2. The van der Waals surface area contributed by atoms with Gasteiger partial charge in [0, 0.05) is 11.1 Å². The zero-order valence-electron chi connectivity index (χ0n) is 14.7. The predicted molar refractivity (Wildman–Crippen MR) is 112 cm³/mol. The number of aromatic carboxylic acids is 1. The number of ether oxygens (including phenoxy) is 1. The van der Waals surface area contributed by atoms with E-state index in [-0.39, 0.29) is 11.5 Å². The Bertz CT molecular complexity index is 1040. The second-order valence-electron chi connectivity index (χ2n) is 5.63. The average Bonchev–Trinajstić information content (AvgIpc) is 3.17. The zero-order chi connectivity index (χ0) is 20.1. The third kappa shape index (κ3) is 4.58. The number of carbonyl (C=O) groups is 2. The summed E-state index contributed by atoms with van der Waals surface area (Å²) in [5.74, 6) is 0.258. The SMILES string of the molecule is COc1cc(C(=O)N/N=C\c2ccc(-c3ccc(C(=O)O)cc3)o2)ccc1I.